The van der Waals surface area contributed by atoms with Crippen LogP contribution < -0.4 is 5.73 Å². The minimum Gasteiger partial charge on any atom is -0.511 e. The van der Waals surface area contributed by atoms with E-state index in [2.05, 4.69) is 6.58 Å². The number of nitrogens with two attached hydrogens (primary N) is 1. The van der Waals surface area contributed by atoms with Crippen LogP contribution in [-0.4, -0.2) is 11.1 Å². The Bertz CT molecular complexity index is 312. The topological polar surface area (TPSA) is 46.2 Å². The molecule has 0 amide bonds. The predicted octanol–water partition coefficient (Wildman–Crippen LogP) is 1.77. The molecule has 1 unspecified atom stereocenters. The van der Waals surface area contributed by atoms with Gasteiger partial charge in [0, 0.05) is 0 Å². The summed E-state index contributed by atoms with van der Waals surface area (Å²) in [4.78, 5) is 0. The van der Waals surface area contributed by atoms with E-state index in [1.807, 2.05) is 0 Å². The zero-order valence-electron chi connectivity index (χ0n) is 7.20. The van der Waals surface area contributed by atoms with Gasteiger partial charge < -0.3 is 10.8 Å². The number of hydrogen-bond donors (Lipinski definition) is 2. The van der Waals surface area contributed by atoms with E-state index in [0.29, 0.717) is 5.56 Å². The van der Waals surface area contributed by atoms with Crippen LogP contribution in [0, 0.1) is 5.82 Å². The number of aliphatic hydroxyl groups is 1. The molecule has 0 bridgehead atoms. The van der Waals surface area contributed by atoms with Crippen molar-refractivity contribution < 1.29 is 9.50 Å². The molecule has 1 atom stereocenters. The zero-order chi connectivity index (χ0) is 9.84. The molecule has 0 saturated carbocycles. The van der Waals surface area contributed by atoms with Crippen LogP contribution in [0.3, 0.4) is 0 Å². The molecule has 0 aliphatic rings. The Morgan fingerprint density at radius 2 is 2.15 bits per heavy atom. The smallest absolute Gasteiger partial charge is 0.126 e. The van der Waals surface area contributed by atoms with E-state index in [1.54, 1.807) is 18.2 Å². The maximum absolute atomic E-state index is 13.0. The Hall–Kier alpha value is -1.35. The highest BCUT2D eigenvalue weighted by Crippen LogP contribution is 2.10. The number of hydrogen-bond acceptors (Lipinski definition) is 2. The van der Waals surface area contributed by atoms with Gasteiger partial charge in [-0.1, -0.05) is 24.8 Å². The minimum absolute atomic E-state index is 0.122. The average molecular weight is 181 g/mol. The molecule has 2 nitrogen and oxygen atoms in total. The van der Waals surface area contributed by atoms with Gasteiger partial charge in [-0.2, -0.15) is 0 Å². The number of benzene rings is 1. The van der Waals surface area contributed by atoms with Crippen LogP contribution in [-0.2, 0) is 6.42 Å². The van der Waals surface area contributed by atoms with Crippen molar-refractivity contribution in [1.82, 2.24) is 0 Å². The van der Waals surface area contributed by atoms with Gasteiger partial charge in [-0.05, 0) is 18.1 Å². The van der Waals surface area contributed by atoms with E-state index in [0.717, 1.165) is 0 Å². The summed E-state index contributed by atoms with van der Waals surface area (Å²) in [6, 6.07) is 5.74. The summed E-state index contributed by atoms with van der Waals surface area (Å²) in [6.07, 6.45) is 0.266. The highest BCUT2D eigenvalue weighted by atomic mass is 19.1. The van der Waals surface area contributed by atoms with Crippen molar-refractivity contribution in [3.63, 3.8) is 0 Å². The lowest BCUT2D eigenvalue weighted by atomic mass is 10.1. The molecule has 1 rings (SSSR count). The lowest BCUT2D eigenvalue weighted by molar-refractivity contribution is 0.367. The molecule has 3 N–H and O–H groups in total. The van der Waals surface area contributed by atoms with Crippen LogP contribution in [0.25, 0.3) is 0 Å². The highest BCUT2D eigenvalue weighted by Gasteiger charge is 2.09. The fraction of sp³-hybridized carbons (Fsp3) is 0.200. The van der Waals surface area contributed by atoms with Gasteiger partial charge in [0.2, 0.25) is 0 Å². The van der Waals surface area contributed by atoms with Crippen LogP contribution in [0.4, 0.5) is 4.39 Å². The van der Waals surface area contributed by atoms with Crippen LogP contribution in [0.2, 0.25) is 0 Å². The highest BCUT2D eigenvalue weighted by molar-refractivity contribution is 5.19. The van der Waals surface area contributed by atoms with Gasteiger partial charge in [0.25, 0.3) is 0 Å². The molecule has 0 spiro atoms. The number of halogens is 1. The van der Waals surface area contributed by atoms with Gasteiger partial charge >= 0.3 is 0 Å². The van der Waals surface area contributed by atoms with E-state index in [1.165, 1.54) is 6.07 Å². The van der Waals surface area contributed by atoms with Crippen LogP contribution in [0.15, 0.2) is 36.6 Å². The molecule has 0 fully saturated rings. The van der Waals surface area contributed by atoms with E-state index < -0.39 is 6.04 Å². The molecule has 1 aromatic carbocycles. The first-order valence-electron chi connectivity index (χ1n) is 3.98. The second-order valence-corrected chi connectivity index (χ2v) is 2.89. The number of aliphatic hydroxyl groups excluding tert-OH is 1. The predicted molar refractivity (Wildman–Crippen MR) is 49.8 cm³/mol. The summed E-state index contributed by atoms with van der Waals surface area (Å²) < 4.78 is 13.0. The Morgan fingerprint density at radius 1 is 1.54 bits per heavy atom. The van der Waals surface area contributed by atoms with Crippen molar-refractivity contribution in [2.75, 3.05) is 0 Å². The van der Waals surface area contributed by atoms with Crippen molar-refractivity contribution in [3.8, 4) is 0 Å². The molecule has 0 aliphatic carbocycles. The standard InChI is InChI=1S/C10H12FNO/c1-7(13)10(12)6-8-4-2-3-5-9(8)11/h2-5,10,13H,1,6,12H2. The van der Waals surface area contributed by atoms with Crippen molar-refractivity contribution in [3.05, 3.63) is 48.0 Å². The Morgan fingerprint density at radius 3 is 2.69 bits per heavy atom. The van der Waals surface area contributed by atoms with Gasteiger partial charge in [0.05, 0.1) is 6.04 Å². The molecule has 0 radical (unpaired) electrons. The van der Waals surface area contributed by atoms with Gasteiger partial charge in [-0.25, -0.2) is 4.39 Å². The fourth-order valence-corrected chi connectivity index (χ4v) is 1.02. The summed E-state index contributed by atoms with van der Waals surface area (Å²) >= 11 is 0. The van der Waals surface area contributed by atoms with Crippen molar-refractivity contribution in [2.45, 2.75) is 12.5 Å². The van der Waals surface area contributed by atoms with Crippen molar-refractivity contribution in [1.29, 1.82) is 0 Å². The monoisotopic (exact) mass is 181 g/mol. The molecular formula is C10H12FNO. The summed E-state index contributed by atoms with van der Waals surface area (Å²) in [5, 5.41) is 8.93. The third-order valence-corrected chi connectivity index (χ3v) is 1.83. The molecule has 0 aliphatic heterocycles. The maximum atomic E-state index is 13.0. The van der Waals surface area contributed by atoms with Gasteiger partial charge in [0.15, 0.2) is 0 Å². The molecule has 1 aromatic rings. The van der Waals surface area contributed by atoms with E-state index in [-0.39, 0.29) is 18.0 Å². The van der Waals surface area contributed by atoms with Crippen LogP contribution in [0.1, 0.15) is 5.56 Å². The fourth-order valence-electron chi connectivity index (χ4n) is 1.02. The lowest BCUT2D eigenvalue weighted by Crippen LogP contribution is -2.25. The second-order valence-electron chi connectivity index (χ2n) is 2.89. The third-order valence-electron chi connectivity index (χ3n) is 1.83. The minimum atomic E-state index is -0.600. The van der Waals surface area contributed by atoms with E-state index in [9.17, 15) is 4.39 Å². The SMILES string of the molecule is C=C(O)C(N)Cc1ccccc1F. The van der Waals surface area contributed by atoms with Crippen molar-refractivity contribution >= 4 is 0 Å². The zero-order valence-corrected chi connectivity index (χ0v) is 7.20. The quantitative estimate of drug-likeness (QED) is 0.698. The molecule has 0 heterocycles. The van der Waals surface area contributed by atoms with E-state index in [4.69, 9.17) is 10.8 Å². The molecule has 13 heavy (non-hydrogen) atoms. The Labute approximate surface area is 76.5 Å². The molecule has 3 heteroatoms. The first kappa shape index (κ1) is 9.74. The van der Waals surface area contributed by atoms with Crippen molar-refractivity contribution in [2.24, 2.45) is 5.73 Å². The Balaban J connectivity index is 2.74. The normalized spacial score (nSPS) is 12.5. The maximum Gasteiger partial charge on any atom is 0.126 e. The summed E-state index contributed by atoms with van der Waals surface area (Å²) in [5.74, 6) is -0.428. The molecule has 70 valence electrons. The summed E-state index contributed by atoms with van der Waals surface area (Å²) in [7, 11) is 0. The number of rotatable bonds is 3. The molecule has 0 aromatic heterocycles. The van der Waals surface area contributed by atoms with Gasteiger partial charge in [0.1, 0.15) is 11.6 Å². The molecule has 0 saturated heterocycles. The van der Waals surface area contributed by atoms with Gasteiger partial charge in [-0.15, -0.1) is 0 Å². The first-order chi connectivity index (χ1) is 6.11. The largest absolute Gasteiger partial charge is 0.511 e. The average Bonchev–Trinajstić information content (AvgIpc) is 2.08. The molecular weight excluding hydrogens is 169 g/mol. The summed E-state index contributed by atoms with van der Waals surface area (Å²) in [5.41, 5.74) is 5.99. The lowest BCUT2D eigenvalue weighted by Gasteiger charge is -2.09. The van der Waals surface area contributed by atoms with Gasteiger partial charge in [-0.3, -0.25) is 0 Å². The summed E-state index contributed by atoms with van der Waals surface area (Å²) in [6.45, 7) is 3.29. The van der Waals surface area contributed by atoms with Crippen LogP contribution in [0.5, 0.6) is 0 Å². The first-order valence-corrected chi connectivity index (χ1v) is 3.98. The van der Waals surface area contributed by atoms with E-state index >= 15 is 0 Å². The Kier molecular flexibility index (Phi) is 3.03. The second kappa shape index (κ2) is 4.05. The van der Waals surface area contributed by atoms with Crippen LogP contribution >= 0.6 is 0 Å². The third kappa shape index (κ3) is 2.56.